The van der Waals surface area contributed by atoms with Gasteiger partial charge in [-0.25, -0.2) is 0 Å². The summed E-state index contributed by atoms with van der Waals surface area (Å²) in [6.45, 7) is 3.10. The van der Waals surface area contributed by atoms with E-state index in [1.54, 1.807) is 11.8 Å². The van der Waals surface area contributed by atoms with E-state index in [0.29, 0.717) is 19.5 Å². The van der Waals surface area contributed by atoms with Gasteiger partial charge in [0.25, 0.3) is 0 Å². The summed E-state index contributed by atoms with van der Waals surface area (Å²) in [7, 11) is 0. The Bertz CT molecular complexity index is 504. The number of carbonyl (C=O) groups is 2. The minimum absolute atomic E-state index is 0.00204. The van der Waals surface area contributed by atoms with Crippen LogP contribution in [0, 0.1) is 5.92 Å². The average molecular weight is 275 g/mol. The van der Waals surface area contributed by atoms with Crippen LogP contribution in [0.4, 0.5) is 0 Å². The Balaban J connectivity index is 1.68. The van der Waals surface area contributed by atoms with Crippen LogP contribution in [-0.2, 0) is 16.0 Å². The minimum Gasteiger partial charge on any atom is -0.341 e. The second-order valence-electron chi connectivity index (χ2n) is 5.32. The van der Waals surface area contributed by atoms with E-state index in [4.69, 9.17) is 0 Å². The second-order valence-corrected chi connectivity index (χ2v) is 6.56. The van der Waals surface area contributed by atoms with Gasteiger partial charge in [-0.15, -0.1) is 11.8 Å². The van der Waals surface area contributed by atoms with Crippen molar-refractivity contribution in [3.8, 4) is 0 Å². The number of carbonyl (C=O) groups excluding carboxylic acids is 2. The zero-order chi connectivity index (χ0) is 13.4. The van der Waals surface area contributed by atoms with Crippen LogP contribution in [0.5, 0.6) is 0 Å². The molecule has 1 fully saturated rings. The smallest absolute Gasteiger partial charge is 0.236 e. The van der Waals surface area contributed by atoms with E-state index >= 15 is 0 Å². The highest BCUT2D eigenvalue weighted by Crippen LogP contribution is 2.37. The summed E-state index contributed by atoms with van der Waals surface area (Å²) in [6, 6.07) is 8.21. The lowest BCUT2D eigenvalue weighted by Gasteiger charge is -2.31. The number of Topliss-reactive ketones (excluding diaryl/α,β-unsaturated/α-hetero) is 1. The van der Waals surface area contributed by atoms with E-state index in [-0.39, 0.29) is 22.9 Å². The first-order valence-corrected chi connectivity index (χ1v) is 7.59. The van der Waals surface area contributed by atoms with Gasteiger partial charge in [0.15, 0.2) is 0 Å². The molecule has 19 heavy (non-hydrogen) atoms. The molecule has 0 N–H and O–H groups in total. The number of piperidine rings is 1. The van der Waals surface area contributed by atoms with Gasteiger partial charge in [-0.3, -0.25) is 9.59 Å². The van der Waals surface area contributed by atoms with Crippen LogP contribution in [0.2, 0.25) is 0 Å². The summed E-state index contributed by atoms with van der Waals surface area (Å²) >= 11 is 1.66. The molecular weight excluding hydrogens is 258 g/mol. The molecule has 2 atom stereocenters. The lowest BCUT2D eigenvalue weighted by atomic mass is 9.98. The van der Waals surface area contributed by atoms with Crippen LogP contribution in [-0.4, -0.2) is 34.9 Å². The lowest BCUT2D eigenvalue weighted by molar-refractivity contribution is -0.136. The van der Waals surface area contributed by atoms with Crippen LogP contribution in [0.1, 0.15) is 18.9 Å². The summed E-state index contributed by atoms with van der Waals surface area (Å²) in [5.74, 6) is 0.471. The molecule has 100 valence electrons. The molecule has 1 aromatic carbocycles. The predicted octanol–water partition coefficient (Wildman–Crippen LogP) is 2.14. The van der Waals surface area contributed by atoms with E-state index in [2.05, 4.69) is 12.1 Å². The summed E-state index contributed by atoms with van der Waals surface area (Å²) in [5.41, 5.74) is 1.27. The number of likely N-dealkylation sites (tertiary alicyclic amines) is 1. The fourth-order valence-electron chi connectivity index (χ4n) is 2.74. The third-order valence-electron chi connectivity index (χ3n) is 3.91. The molecule has 2 unspecified atom stereocenters. The maximum Gasteiger partial charge on any atom is 0.236 e. The van der Waals surface area contributed by atoms with Gasteiger partial charge in [0.2, 0.25) is 5.91 Å². The van der Waals surface area contributed by atoms with Gasteiger partial charge in [-0.05, 0) is 18.1 Å². The molecule has 4 heteroatoms. The van der Waals surface area contributed by atoms with Gasteiger partial charge < -0.3 is 4.90 Å². The molecule has 0 radical (unpaired) electrons. The number of ketones is 1. The Hall–Kier alpha value is -1.29. The first kappa shape index (κ1) is 12.7. The first-order chi connectivity index (χ1) is 9.15. The second kappa shape index (κ2) is 5.00. The number of amides is 1. The summed E-state index contributed by atoms with van der Waals surface area (Å²) in [4.78, 5) is 27.1. The van der Waals surface area contributed by atoms with Gasteiger partial charge in [0.1, 0.15) is 5.78 Å². The van der Waals surface area contributed by atoms with E-state index in [9.17, 15) is 9.59 Å². The molecular formula is C15H17NO2S. The quantitative estimate of drug-likeness (QED) is 0.788. The fourth-order valence-corrected chi connectivity index (χ4v) is 4.02. The van der Waals surface area contributed by atoms with Crippen LogP contribution in [0.15, 0.2) is 29.2 Å². The molecule has 0 aromatic heterocycles. The summed E-state index contributed by atoms with van der Waals surface area (Å²) < 4.78 is 0. The standard InChI is InChI=1S/C15H17NO2S/c1-10-9-16(7-6-12(10)17)15(18)14-8-11-4-2-3-5-13(11)19-14/h2-5,10,14H,6-9H2,1H3. The maximum atomic E-state index is 12.5. The Morgan fingerprint density at radius 2 is 2.16 bits per heavy atom. The van der Waals surface area contributed by atoms with E-state index in [1.165, 1.54) is 10.5 Å². The summed E-state index contributed by atoms with van der Waals surface area (Å²) in [6.07, 6.45) is 1.33. The molecule has 0 bridgehead atoms. The van der Waals surface area contributed by atoms with Crippen LogP contribution < -0.4 is 0 Å². The van der Waals surface area contributed by atoms with Crippen molar-refractivity contribution >= 4 is 23.5 Å². The molecule has 0 saturated carbocycles. The van der Waals surface area contributed by atoms with Gasteiger partial charge in [-0.2, -0.15) is 0 Å². The van der Waals surface area contributed by atoms with Gasteiger partial charge in [0, 0.05) is 30.3 Å². The molecule has 1 amide bonds. The molecule has 2 aliphatic rings. The van der Waals surface area contributed by atoms with Crippen molar-refractivity contribution in [3.05, 3.63) is 29.8 Å². The average Bonchev–Trinajstić information content (AvgIpc) is 2.85. The van der Waals surface area contributed by atoms with Crippen molar-refractivity contribution in [2.75, 3.05) is 13.1 Å². The van der Waals surface area contributed by atoms with Gasteiger partial charge in [0.05, 0.1) is 5.25 Å². The molecule has 0 aliphatic carbocycles. The van der Waals surface area contributed by atoms with Crippen molar-refractivity contribution in [1.82, 2.24) is 4.90 Å². The third kappa shape index (κ3) is 2.41. The first-order valence-electron chi connectivity index (χ1n) is 6.71. The highest BCUT2D eigenvalue weighted by molar-refractivity contribution is 8.01. The van der Waals surface area contributed by atoms with Crippen molar-refractivity contribution < 1.29 is 9.59 Å². The molecule has 3 rings (SSSR count). The molecule has 2 aliphatic heterocycles. The minimum atomic E-state index is -0.00789. The zero-order valence-electron chi connectivity index (χ0n) is 11.0. The molecule has 0 spiro atoms. The van der Waals surface area contributed by atoms with E-state index < -0.39 is 0 Å². The Labute approximate surface area is 117 Å². The van der Waals surface area contributed by atoms with Gasteiger partial charge in [-0.1, -0.05) is 25.1 Å². The molecule has 3 nitrogen and oxygen atoms in total. The monoisotopic (exact) mass is 275 g/mol. The number of hydrogen-bond acceptors (Lipinski definition) is 3. The van der Waals surface area contributed by atoms with Crippen LogP contribution in [0.25, 0.3) is 0 Å². The number of hydrogen-bond donors (Lipinski definition) is 0. The SMILES string of the molecule is CC1CN(C(=O)C2Cc3ccccc3S2)CCC1=O. The Morgan fingerprint density at radius 3 is 2.89 bits per heavy atom. The number of benzene rings is 1. The van der Waals surface area contributed by atoms with Gasteiger partial charge >= 0.3 is 0 Å². The zero-order valence-corrected chi connectivity index (χ0v) is 11.8. The number of thioether (sulfide) groups is 1. The number of rotatable bonds is 1. The number of nitrogens with zero attached hydrogens (tertiary/aromatic N) is 1. The van der Waals surface area contributed by atoms with E-state index in [0.717, 1.165) is 6.42 Å². The lowest BCUT2D eigenvalue weighted by Crippen LogP contribution is -2.46. The highest BCUT2D eigenvalue weighted by Gasteiger charge is 2.34. The van der Waals surface area contributed by atoms with Crippen molar-refractivity contribution in [1.29, 1.82) is 0 Å². The van der Waals surface area contributed by atoms with Crippen LogP contribution in [0.3, 0.4) is 0 Å². The van der Waals surface area contributed by atoms with Crippen molar-refractivity contribution in [2.45, 2.75) is 29.9 Å². The predicted molar refractivity (Wildman–Crippen MR) is 75.2 cm³/mol. The Kier molecular flexibility index (Phi) is 3.35. The fraction of sp³-hybridized carbons (Fsp3) is 0.467. The molecule has 1 saturated heterocycles. The molecule has 2 heterocycles. The van der Waals surface area contributed by atoms with Crippen molar-refractivity contribution in [2.24, 2.45) is 5.92 Å². The Morgan fingerprint density at radius 1 is 1.37 bits per heavy atom. The van der Waals surface area contributed by atoms with E-state index in [1.807, 2.05) is 24.0 Å². The normalized spacial score (nSPS) is 26.4. The number of fused-ring (bicyclic) bond motifs is 1. The third-order valence-corrected chi connectivity index (χ3v) is 5.21. The highest BCUT2D eigenvalue weighted by atomic mass is 32.2. The van der Waals surface area contributed by atoms with Crippen molar-refractivity contribution in [3.63, 3.8) is 0 Å². The topological polar surface area (TPSA) is 37.4 Å². The summed E-state index contributed by atoms with van der Waals surface area (Å²) in [5, 5.41) is -0.00204. The maximum absolute atomic E-state index is 12.5. The largest absolute Gasteiger partial charge is 0.341 e. The van der Waals surface area contributed by atoms with Crippen LogP contribution >= 0.6 is 11.8 Å². The molecule has 1 aromatic rings.